The summed E-state index contributed by atoms with van der Waals surface area (Å²) in [6.07, 6.45) is 6.60. The van der Waals surface area contributed by atoms with E-state index in [0.717, 1.165) is 19.1 Å². The molecule has 0 aromatic rings. The number of carbonyl (C=O) groups excluding carboxylic acids is 1. The first kappa shape index (κ1) is 7.61. The second-order valence-electron chi connectivity index (χ2n) is 2.78. The minimum Gasteiger partial charge on any atom is -0.313 e. The summed E-state index contributed by atoms with van der Waals surface area (Å²) in [5, 5.41) is 3.14. The lowest BCUT2D eigenvalue weighted by Crippen LogP contribution is -2.37. The molecule has 0 bridgehead atoms. The predicted molar refractivity (Wildman–Crippen MR) is 40.6 cm³/mol. The smallest absolute Gasteiger partial charge is 0.168 e. The van der Waals surface area contributed by atoms with E-state index in [4.69, 9.17) is 0 Å². The summed E-state index contributed by atoms with van der Waals surface area (Å²) >= 11 is 0. The molecule has 1 saturated carbocycles. The zero-order valence-electron chi connectivity index (χ0n) is 6.34. The summed E-state index contributed by atoms with van der Waals surface area (Å²) in [6, 6.07) is 0.395. The van der Waals surface area contributed by atoms with Crippen LogP contribution in [0.1, 0.15) is 19.3 Å². The van der Waals surface area contributed by atoms with Gasteiger partial charge in [0.15, 0.2) is 12.2 Å². The van der Waals surface area contributed by atoms with Crippen LogP contribution in [-0.2, 0) is 4.79 Å². The van der Waals surface area contributed by atoms with E-state index in [1.165, 1.54) is 6.42 Å². The van der Waals surface area contributed by atoms with Crippen molar-refractivity contribution in [2.75, 3.05) is 7.05 Å². The fourth-order valence-corrected chi connectivity index (χ4v) is 1.49. The zero-order valence-corrected chi connectivity index (χ0v) is 6.34. The van der Waals surface area contributed by atoms with E-state index >= 15 is 0 Å². The van der Waals surface area contributed by atoms with Crippen molar-refractivity contribution < 1.29 is 4.79 Å². The lowest BCUT2D eigenvalue weighted by Gasteiger charge is -2.20. The summed E-state index contributed by atoms with van der Waals surface area (Å²) in [4.78, 5) is 10.5. The van der Waals surface area contributed by atoms with Gasteiger partial charge in [-0.05, 0) is 19.9 Å². The Bertz CT molecular complexity index is 114. The monoisotopic (exact) mass is 140 g/mol. The highest BCUT2D eigenvalue weighted by atomic mass is 16.1. The van der Waals surface area contributed by atoms with Crippen molar-refractivity contribution in [2.24, 2.45) is 5.92 Å². The van der Waals surface area contributed by atoms with Gasteiger partial charge in [-0.15, -0.1) is 0 Å². The third-order valence-electron chi connectivity index (χ3n) is 2.15. The molecule has 0 aliphatic heterocycles. The van der Waals surface area contributed by atoms with Crippen LogP contribution < -0.4 is 5.32 Å². The fraction of sp³-hybridized carbons (Fsp3) is 0.750. The standard InChI is InChI=1S/C8H14NO/c1-9-8-5-3-2-4-7(8)6-10/h4,6-9H,2-3,5H2,1H3/q+1/t7-,8+/m0/s1. The maximum atomic E-state index is 10.5. The Labute approximate surface area is 62.0 Å². The molecule has 2 nitrogen and oxygen atoms in total. The molecule has 1 aliphatic rings. The Kier molecular flexibility index (Phi) is 2.75. The van der Waals surface area contributed by atoms with Gasteiger partial charge in [-0.3, -0.25) is 4.79 Å². The zero-order chi connectivity index (χ0) is 7.40. The first-order chi connectivity index (χ1) is 4.88. The minimum atomic E-state index is 0.152. The van der Waals surface area contributed by atoms with Crippen LogP contribution in [0.3, 0.4) is 0 Å². The molecule has 1 aliphatic carbocycles. The van der Waals surface area contributed by atoms with Crippen LogP contribution in [0.2, 0.25) is 0 Å². The van der Waals surface area contributed by atoms with Gasteiger partial charge >= 0.3 is 0 Å². The van der Waals surface area contributed by atoms with Gasteiger partial charge < -0.3 is 5.32 Å². The van der Waals surface area contributed by atoms with Crippen LogP contribution in [0.25, 0.3) is 0 Å². The van der Waals surface area contributed by atoms with Crippen molar-refractivity contribution in [3.63, 3.8) is 0 Å². The summed E-state index contributed by atoms with van der Waals surface area (Å²) < 4.78 is 0. The molecule has 0 saturated heterocycles. The molecule has 0 amide bonds. The number of nitrogens with one attached hydrogen (secondary N) is 1. The number of hydrogen-bond acceptors (Lipinski definition) is 2. The Morgan fingerprint density at radius 3 is 3.00 bits per heavy atom. The van der Waals surface area contributed by atoms with E-state index in [0.29, 0.717) is 6.04 Å². The highest BCUT2D eigenvalue weighted by Gasteiger charge is 2.30. The van der Waals surface area contributed by atoms with Crippen LogP contribution in [0.5, 0.6) is 0 Å². The van der Waals surface area contributed by atoms with Gasteiger partial charge in [0, 0.05) is 0 Å². The minimum absolute atomic E-state index is 0.152. The molecule has 2 heteroatoms. The van der Waals surface area contributed by atoms with Gasteiger partial charge in [-0.1, -0.05) is 0 Å². The SMILES string of the molecule is CN[C@@H]1CCC[CH+][C@H]1C=O. The van der Waals surface area contributed by atoms with Crippen LogP contribution in [0.15, 0.2) is 0 Å². The van der Waals surface area contributed by atoms with Crippen molar-refractivity contribution in [3.8, 4) is 0 Å². The van der Waals surface area contributed by atoms with Gasteiger partial charge in [0.25, 0.3) is 0 Å². The largest absolute Gasteiger partial charge is 0.313 e. The van der Waals surface area contributed by atoms with E-state index < -0.39 is 0 Å². The predicted octanol–water partition coefficient (Wildman–Crippen LogP) is 0.778. The quantitative estimate of drug-likeness (QED) is 0.453. The van der Waals surface area contributed by atoms with Gasteiger partial charge in [0.2, 0.25) is 0 Å². The normalized spacial score (nSPS) is 32.9. The van der Waals surface area contributed by atoms with Gasteiger partial charge in [-0.25, -0.2) is 0 Å². The molecule has 1 rings (SSSR count). The maximum absolute atomic E-state index is 10.5. The fourth-order valence-electron chi connectivity index (χ4n) is 1.49. The third-order valence-corrected chi connectivity index (χ3v) is 2.15. The molecule has 10 heavy (non-hydrogen) atoms. The van der Waals surface area contributed by atoms with Crippen molar-refractivity contribution >= 4 is 6.29 Å². The second-order valence-corrected chi connectivity index (χ2v) is 2.78. The van der Waals surface area contributed by atoms with Gasteiger partial charge in [-0.2, -0.15) is 0 Å². The summed E-state index contributed by atoms with van der Waals surface area (Å²) in [5.74, 6) is 0.152. The third kappa shape index (κ3) is 1.51. The Balaban J connectivity index is 2.41. The molecule has 0 radical (unpaired) electrons. The van der Waals surface area contributed by atoms with Crippen molar-refractivity contribution in [1.82, 2.24) is 5.32 Å². The molecule has 0 unspecified atom stereocenters. The van der Waals surface area contributed by atoms with Gasteiger partial charge in [0.1, 0.15) is 0 Å². The highest BCUT2D eigenvalue weighted by Crippen LogP contribution is 2.21. The van der Waals surface area contributed by atoms with E-state index in [1.807, 2.05) is 7.05 Å². The number of rotatable bonds is 2. The summed E-state index contributed by atoms with van der Waals surface area (Å²) in [7, 11) is 1.92. The molecule has 0 heterocycles. The van der Waals surface area contributed by atoms with Crippen molar-refractivity contribution in [2.45, 2.75) is 25.3 Å². The van der Waals surface area contributed by atoms with Crippen LogP contribution in [-0.4, -0.2) is 19.4 Å². The average Bonchev–Trinajstić information content (AvgIpc) is 2.04. The number of hydrogen-bond donors (Lipinski definition) is 1. The number of carbonyl (C=O) groups is 1. The molecule has 2 atom stereocenters. The number of aldehydes is 1. The lowest BCUT2D eigenvalue weighted by atomic mass is 9.86. The van der Waals surface area contributed by atoms with Crippen LogP contribution in [0.4, 0.5) is 0 Å². The Morgan fingerprint density at radius 1 is 1.70 bits per heavy atom. The molecular formula is C8H14NO+. The highest BCUT2D eigenvalue weighted by molar-refractivity contribution is 5.57. The molecule has 0 aromatic carbocycles. The average molecular weight is 140 g/mol. The topological polar surface area (TPSA) is 29.1 Å². The van der Waals surface area contributed by atoms with E-state index in [2.05, 4.69) is 11.7 Å². The van der Waals surface area contributed by atoms with E-state index in [1.54, 1.807) is 0 Å². The maximum Gasteiger partial charge on any atom is 0.168 e. The lowest BCUT2D eigenvalue weighted by molar-refractivity contribution is -0.111. The Morgan fingerprint density at radius 2 is 2.50 bits per heavy atom. The Hall–Kier alpha value is -0.500. The summed E-state index contributed by atoms with van der Waals surface area (Å²) in [6.45, 7) is 0. The molecule has 0 aromatic heterocycles. The van der Waals surface area contributed by atoms with Gasteiger partial charge in [0.05, 0.1) is 18.9 Å². The first-order valence-electron chi connectivity index (χ1n) is 3.84. The molecule has 1 fully saturated rings. The molecular weight excluding hydrogens is 126 g/mol. The molecule has 1 N–H and O–H groups in total. The van der Waals surface area contributed by atoms with E-state index in [9.17, 15) is 4.79 Å². The van der Waals surface area contributed by atoms with Crippen LogP contribution >= 0.6 is 0 Å². The van der Waals surface area contributed by atoms with Crippen LogP contribution in [0, 0.1) is 12.3 Å². The van der Waals surface area contributed by atoms with Crippen molar-refractivity contribution in [1.29, 1.82) is 0 Å². The second kappa shape index (κ2) is 3.62. The summed E-state index contributed by atoms with van der Waals surface area (Å²) in [5.41, 5.74) is 0. The molecule has 56 valence electrons. The molecule has 0 spiro atoms. The first-order valence-corrected chi connectivity index (χ1v) is 3.84. The van der Waals surface area contributed by atoms with Crippen molar-refractivity contribution in [3.05, 3.63) is 6.42 Å². The van der Waals surface area contributed by atoms with E-state index in [-0.39, 0.29) is 5.92 Å².